The number of sulfonamides is 1. The van der Waals surface area contributed by atoms with E-state index < -0.39 is 31.8 Å². The number of unbranched alkanes of at least 4 members (excludes halogenated alkanes) is 1. The van der Waals surface area contributed by atoms with Crippen molar-refractivity contribution in [1.29, 1.82) is 0 Å². The van der Waals surface area contributed by atoms with E-state index in [-0.39, 0.29) is 36.6 Å². The topological polar surface area (TPSA) is 159 Å². The summed E-state index contributed by atoms with van der Waals surface area (Å²) in [7, 11) is -1.51. The molecule has 11 heteroatoms. The molecule has 38 heavy (non-hydrogen) atoms. The van der Waals surface area contributed by atoms with Crippen molar-refractivity contribution >= 4 is 27.6 Å². The van der Waals surface area contributed by atoms with Gasteiger partial charge in [-0.05, 0) is 73.8 Å². The molecule has 2 aromatic rings. The van der Waals surface area contributed by atoms with Gasteiger partial charge in [0.25, 0.3) is 0 Å². The summed E-state index contributed by atoms with van der Waals surface area (Å²) in [6.45, 7) is 3.65. The number of rotatable bonds is 15. The van der Waals surface area contributed by atoms with Crippen molar-refractivity contribution in [3.8, 4) is 11.5 Å². The summed E-state index contributed by atoms with van der Waals surface area (Å²) in [5.74, 6) is -1.31. The Balaban J connectivity index is 2.70. The number of anilines is 1. The maximum atomic E-state index is 14.3. The highest BCUT2D eigenvalue weighted by molar-refractivity contribution is 7.86. The highest BCUT2D eigenvalue weighted by Crippen LogP contribution is 2.35. The Morgan fingerprint density at radius 1 is 1.03 bits per heavy atom. The zero-order valence-electron chi connectivity index (χ0n) is 22.6. The highest BCUT2D eigenvalue weighted by Gasteiger charge is 2.58. The number of amides is 1. The second-order valence-electron chi connectivity index (χ2n) is 9.63. The third kappa shape index (κ3) is 6.83. The number of ether oxygens (including phenoxy) is 2. The third-order valence-electron chi connectivity index (χ3n) is 6.48. The minimum Gasteiger partial charge on any atom is -0.497 e. The number of carbonyl (C=O) groups is 2. The lowest BCUT2D eigenvalue weighted by Crippen LogP contribution is -2.66. The summed E-state index contributed by atoms with van der Waals surface area (Å²) in [5.41, 5.74) is 12.4. The molecule has 0 spiro atoms. The molecule has 0 aliphatic heterocycles. The predicted molar refractivity (Wildman–Crippen MR) is 145 cm³/mol. The van der Waals surface area contributed by atoms with Crippen LogP contribution in [0.5, 0.6) is 11.5 Å². The van der Waals surface area contributed by atoms with Crippen LogP contribution >= 0.6 is 0 Å². The monoisotopic (exact) mass is 550 g/mol. The number of methoxy groups -OCH3 is 2. The van der Waals surface area contributed by atoms with E-state index in [1.54, 1.807) is 32.0 Å². The molecule has 0 saturated heterocycles. The number of hydrogen-bond donors (Lipinski definition) is 3. The number of carboxylic acids is 1. The second kappa shape index (κ2) is 13.6. The molecule has 210 valence electrons. The first-order valence-corrected chi connectivity index (χ1v) is 14.0. The van der Waals surface area contributed by atoms with E-state index in [1.807, 2.05) is 0 Å². The number of nitrogens with two attached hydrogens (primary N) is 2. The van der Waals surface area contributed by atoms with Crippen molar-refractivity contribution in [2.75, 3.05) is 33.0 Å². The Morgan fingerprint density at radius 3 is 2.21 bits per heavy atom. The zero-order valence-corrected chi connectivity index (χ0v) is 23.4. The molecule has 2 rings (SSSR count). The summed E-state index contributed by atoms with van der Waals surface area (Å²) in [4.78, 5) is 26.7. The van der Waals surface area contributed by atoms with Crippen molar-refractivity contribution in [2.24, 2.45) is 11.7 Å². The fourth-order valence-electron chi connectivity index (χ4n) is 4.67. The Bertz CT molecular complexity index is 1200. The first-order valence-electron chi connectivity index (χ1n) is 12.6. The number of nitrogen functional groups attached to an aromatic ring is 1. The molecule has 2 atom stereocenters. The standard InChI is InChI=1S/C27H39N3O7S/c1-19(2)18-30(24(27(32)33)7-5-6-16-28,38(34,35)23-12-9-21(29)10-13-23)26(31)15-8-20-17-22(36-3)11-14-25(20)37-4/h9-14,17,19,24H,5-8,15-16,18,28-29H2,1-4H3/p+1/t24-,30?/m0/s1. The van der Waals surface area contributed by atoms with E-state index in [9.17, 15) is 23.1 Å². The average Bonchev–Trinajstić information content (AvgIpc) is 2.88. The maximum Gasteiger partial charge on any atom is 0.364 e. The van der Waals surface area contributed by atoms with E-state index in [1.165, 1.54) is 38.5 Å². The minimum atomic E-state index is -4.52. The van der Waals surface area contributed by atoms with Gasteiger partial charge in [0.05, 0.1) is 20.6 Å². The lowest BCUT2D eigenvalue weighted by Gasteiger charge is -2.40. The molecule has 0 aliphatic carbocycles. The fourth-order valence-corrected chi connectivity index (χ4v) is 6.91. The lowest BCUT2D eigenvalue weighted by atomic mass is 10.0. The van der Waals surface area contributed by atoms with Crippen LogP contribution in [0, 0.1) is 5.92 Å². The predicted octanol–water partition coefficient (Wildman–Crippen LogP) is 3.19. The molecular weight excluding hydrogens is 510 g/mol. The molecule has 0 bridgehead atoms. The van der Waals surface area contributed by atoms with Crippen molar-refractivity contribution in [2.45, 2.75) is 56.9 Å². The highest BCUT2D eigenvalue weighted by atomic mass is 32.2. The summed E-state index contributed by atoms with van der Waals surface area (Å²) in [6, 6.07) is 9.09. The number of aryl methyl sites for hydroxylation is 1. The Morgan fingerprint density at radius 2 is 1.68 bits per heavy atom. The molecule has 0 saturated carbocycles. The van der Waals surface area contributed by atoms with Crippen LogP contribution in [0.2, 0.25) is 0 Å². The summed E-state index contributed by atoms with van der Waals surface area (Å²) >= 11 is 0. The van der Waals surface area contributed by atoms with Crippen LogP contribution in [-0.4, -0.2) is 62.6 Å². The third-order valence-corrected chi connectivity index (χ3v) is 8.81. The van der Waals surface area contributed by atoms with Crippen molar-refractivity contribution in [3.05, 3.63) is 48.0 Å². The number of aliphatic carboxylic acids is 1. The van der Waals surface area contributed by atoms with Gasteiger partial charge >= 0.3 is 21.9 Å². The molecule has 0 radical (unpaired) electrons. The Hall–Kier alpha value is -3.15. The number of quaternary nitrogens is 1. The number of nitrogens with zero attached hydrogens (tertiary/aromatic N) is 1. The van der Waals surface area contributed by atoms with E-state index in [2.05, 4.69) is 0 Å². The molecular formula is C27H40N3O7S+. The van der Waals surface area contributed by atoms with Gasteiger partial charge in [0.15, 0.2) is 0 Å². The molecule has 0 fully saturated rings. The van der Waals surface area contributed by atoms with Gasteiger partial charge in [0, 0.05) is 18.0 Å². The summed E-state index contributed by atoms with van der Waals surface area (Å²) < 4.78 is 38.1. The number of carbonyl (C=O) groups excluding carboxylic acids is 1. The van der Waals surface area contributed by atoms with E-state index >= 15 is 0 Å². The van der Waals surface area contributed by atoms with Crippen molar-refractivity contribution < 1.29 is 36.5 Å². The van der Waals surface area contributed by atoms with Crippen LogP contribution in [0.25, 0.3) is 0 Å². The first-order chi connectivity index (χ1) is 17.9. The number of carboxylic acid groups (broad SMARTS) is 1. The normalized spacial score (nSPS) is 14.1. The van der Waals surface area contributed by atoms with Crippen LogP contribution in [0.1, 0.15) is 45.1 Å². The van der Waals surface area contributed by atoms with Gasteiger partial charge < -0.3 is 26.0 Å². The van der Waals surface area contributed by atoms with Crippen LogP contribution in [-0.2, 0) is 26.0 Å². The quantitative estimate of drug-likeness (QED) is 0.172. The minimum absolute atomic E-state index is 0.0261. The molecule has 1 amide bonds. The zero-order chi connectivity index (χ0) is 28.5. The van der Waals surface area contributed by atoms with Gasteiger partial charge in [-0.25, -0.2) is 9.59 Å². The van der Waals surface area contributed by atoms with Crippen LogP contribution in [0.15, 0.2) is 47.4 Å². The van der Waals surface area contributed by atoms with Gasteiger partial charge in [-0.3, -0.25) is 0 Å². The van der Waals surface area contributed by atoms with Crippen molar-refractivity contribution in [3.63, 3.8) is 0 Å². The van der Waals surface area contributed by atoms with Gasteiger partial charge in [0.2, 0.25) is 6.04 Å². The van der Waals surface area contributed by atoms with Crippen molar-refractivity contribution in [1.82, 2.24) is 0 Å². The van der Waals surface area contributed by atoms with Gasteiger partial charge in [-0.2, -0.15) is 8.42 Å². The molecule has 5 N–H and O–H groups in total. The smallest absolute Gasteiger partial charge is 0.364 e. The van der Waals surface area contributed by atoms with Gasteiger partial charge in [-0.15, -0.1) is 3.89 Å². The average molecular weight is 551 g/mol. The maximum absolute atomic E-state index is 14.3. The second-order valence-corrected chi connectivity index (χ2v) is 11.7. The van der Waals surface area contributed by atoms with E-state index in [0.717, 1.165) is 0 Å². The molecule has 0 aliphatic rings. The molecule has 2 aromatic carbocycles. The summed E-state index contributed by atoms with van der Waals surface area (Å²) in [5, 5.41) is 10.3. The number of benzene rings is 2. The largest absolute Gasteiger partial charge is 0.497 e. The van der Waals surface area contributed by atoms with E-state index in [4.69, 9.17) is 20.9 Å². The first kappa shape index (κ1) is 31.1. The van der Waals surface area contributed by atoms with Gasteiger partial charge in [0.1, 0.15) is 22.9 Å². The molecule has 1 unspecified atom stereocenters. The number of hydrogen-bond acceptors (Lipinski definition) is 8. The Kier molecular flexibility index (Phi) is 11.1. The van der Waals surface area contributed by atoms with Gasteiger partial charge in [-0.1, -0.05) is 13.8 Å². The van der Waals surface area contributed by atoms with Crippen LogP contribution in [0.3, 0.4) is 0 Å². The molecule has 10 nitrogen and oxygen atoms in total. The summed E-state index contributed by atoms with van der Waals surface area (Å²) in [6.07, 6.45) is 0.735. The molecule has 0 heterocycles. The Labute approximate surface area is 225 Å². The van der Waals surface area contributed by atoms with Crippen LogP contribution in [0.4, 0.5) is 5.69 Å². The van der Waals surface area contributed by atoms with E-state index in [0.29, 0.717) is 42.1 Å². The molecule has 0 aromatic heterocycles. The van der Waals surface area contributed by atoms with Crippen LogP contribution < -0.4 is 20.9 Å². The fraction of sp³-hybridized carbons (Fsp3) is 0.481. The SMILES string of the molecule is COc1ccc(OC)c(CCC(=O)[N+](CC(C)C)([C@@H](CCCCN)C(=O)O)S(=O)(=O)c2ccc(N)cc2)c1. The lowest BCUT2D eigenvalue weighted by molar-refractivity contribution is -0.753.